The summed E-state index contributed by atoms with van der Waals surface area (Å²) in [5.74, 6) is -0.913. The molecule has 7 nitrogen and oxygen atoms in total. The molecule has 2 amide bonds. The Morgan fingerprint density at radius 1 is 1.15 bits per heavy atom. The normalized spacial score (nSPS) is 16.5. The van der Waals surface area contributed by atoms with Gasteiger partial charge in [0.05, 0.1) is 10.8 Å². The van der Waals surface area contributed by atoms with Gasteiger partial charge in [0, 0.05) is 36.0 Å². The summed E-state index contributed by atoms with van der Waals surface area (Å²) in [6.45, 7) is 5.86. The lowest BCUT2D eigenvalue weighted by Gasteiger charge is -2.19. The standard InChI is InChI=1S/C20H21N3O4/c1-12-4-7-17(14(3)8-12)22-11-15(9-19(22)24)20(25)21-16-6-5-13(2)18(10-16)23(26)27/h4-8,10,15H,9,11H2,1-3H3,(H,21,25)/t15-/m1/s1. The smallest absolute Gasteiger partial charge is 0.274 e. The van der Waals surface area contributed by atoms with Gasteiger partial charge in [0.2, 0.25) is 11.8 Å². The zero-order chi connectivity index (χ0) is 19.7. The minimum atomic E-state index is -0.501. The largest absolute Gasteiger partial charge is 0.326 e. The average Bonchev–Trinajstić information content (AvgIpc) is 2.98. The van der Waals surface area contributed by atoms with Crippen LogP contribution in [0.1, 0.15) is 23.1 Å². The van der Waals surface area contributed by atoms with Crippen LogP contribution in [-0.4, -0.2) is 23.3 Å². The Balaban J connectivity index is 1.74. The van der Waals surface area contributed by atoms with Gasteiger partial charge in [-0.1, -0.05) is 23.8 Å². The topological polar surface area (TPSA) is 92.6 Å². The second-order valence-corrected chi connectivity index (χ2v) is 6.94. The first-order valence-corrected chi connectivity index (χ1v) is 8.70. The van der Waals surface area contributed by atoms with Crippen LogP contribution in [0.3, 0.4) is 0 Å². The third-order valence-corrected chi connectivity index (χ3v) is 4.81. The molecule has 0 aromatic heterocycles. The number of carbonyl (C=O) groups excluding carboxylic acids is 2. The van der Waals surface area contributed by atoms with Crippen LogP contribution in [0, 0.1) is 36.8 Å². The maximum absolute atomic E-state index is 12.6. The van der Waals surface area contributed by atoms with E-state index in [4.69, 9.17) is 0 Å². The molecule has 0 radical (unpaired) electrons. The number of nitro groups is 1. The van der Waals surface area contributed by atoms with E-state index in [0.29, 0.717) is 17.8 Å². The van der Waals surface area contributed by atoms with Gasteiger partial charge in [0.1, 0.15) is 0 Å². The van der Waals surface area contributed by atoms with Crippen molar-refractivity contribution in [3.63, 3.8) is 0 Å². The van der Waals surface area contributed by atoms with Crippen LogP contribution in [0.15, 0.2) is 36.4 Å². The number of aryl methyl sites for hydroxylation is 3. The molecule has 27 heavy (non-hydrogen) atoms. The molecule has 140 valence electrons. The molecule has 1 heterocycles. The van der Waals surface area contributed by atoms with Gasteiger partial charge >= 0.3 is 0 Å². The number of nitro benzene ring substituents is 1. The molecular formula is C20H21N3O4. The van der Waals surface area contributed by atoms with E-state index in [1.807, 2.05) is 32.0 Å². The zero-order valence-corrected chi connectivity index (χ0v) is 15.5. The lowest BCUT2D eigenvalue weighted by molar-refractivity contribution is -0.385. The molecule has 0 bridgehead atoms. The minimum Gasteiger partial charge on any atom is -0.326 e. The molecule has 7 heteroatoms. The first-order valence-electron chi connectivity index (χ1n) is 8.70. The highest BCUT2D eigenvalue weighted by Crippen LogP contribution is 2.29. The summed E-state index contributed by atoms with van der Waals surface area (Å²) in [6.07, 6.45) is 0.118. The van der Waals surface area contributed by atoms with Crippen molar-refractivity contribution in [1.29, 1.82) is 0 Å². The van der Waals surface area contributed by atoms with E-state index >= 15 is 0 Å². The van der Waals surface area contributed by atoms with Crippen LogP contribution in [-0.2, 0) is 9.59 Å². The van der Waals surface area contributed by atoms with Gasteiger partial charge in [-0.15, -0.1) is 0 Å². The van der Waals surface area contributed by atoms with Gasteiger partial charge in [-0.25, -0.2) is 0 Å². The molecule has 0 aliphatic carbocycles. The number of nitrogens with zero attached hydrogens (tertiary/aromatic N) is 2. The Morgan fingerprint density at radius 2 is 1.89 bits per heavy atom. The summed E-state index contributed by atoms with van der Waals surface area (Å²) >= 11 is 0. The third kappa shape index (κ3) is 3.81. The Morgan fingerprint density at radius 3 is 2.56 bits per heavy atom. The monoisotopic (exact) mass is 367 g/mol. The predicted molar refractivity (Wildman–Crippen MR) is 103 cm³/mol. The molecule has 0 unspecified atom stereocenters. The van der Waals surface area contributed by atoms with Crippen molar-refractivity contribution in [1.82, 2.24) is 0 Å². The number of rotatable bonds is 4. The highest BCUT2D eigenvalue weighted by molar-refractivity contribution is 6.04. The number of hydrogen-bond donors (Lipinski definition) is 1. The Hall–Kier alpha value is -3.22. The van der Waals surface area contributed by atoms with E-state index in [-0.39, 0.29) is 23.9 Å². The summed E-state index contributed by atoms with van der Waals surface area (Å²) in [7, 11) is 0. The van der Waals surface area contributed by atoms with Crippen LogP contribution in [0.25, 0.3) is 0 Å². The first-order chi connectivity index (χ1) is 12.8. The van der Waals surface area contributed by atoms with Gasteiger partial charge in [-0.2, -0.15) is 0 Å². The molecule has 1 aliphatic heterocycles. The van der Waals surface area contributed by atoms with Crippen LogP contribution >= 0.6 is 0 Å². The summed E-state index contributed by atoms with van der Waals surface area (Å²) in [5, 5.41) is 13.8. The van der Waals surface area contributed by atoms with E-state index in [1.54, 1.807) is 24.0 Å². The maximum Gasteiger partial charge on any atom is 0.274 e. The molecule has 0 spiro atoms. The molecule has 0 saturated carbocycles. The quantitative estimate of drug-likeness (QED) is 0.661. The van der Waals surface area contributed by atoms with E-state index in [9.17, 15) is 19.7 Å². The van der Waals surface area contributed by atoms with Crippen molar-refractivity contribution in [3.05, 3.63) is 63.2 Å². The van der Waals surface area contributed by atoms with E-state index in [1.165, 1.54) is 6.07 Å². The van der Waals surface area contributed by atoms with Gasteiger partial charge in [0.15, 0.2) is 0 Å². The molecule has 1 atom stereocenters. The number of nitrogens with one attached hydrogen (secondary N) is 1. The first kappa shape index (κ1) is 18.6. The fourth-order valence-electron chi connectivity index (χ4n) is 3.35. The van der Waals surface area contributed by atoms with Crippen molar-refractivity contribution in [2.45, 2.75) is 27.2 Å². The molecule has 2 aromatic rings. The number of amides is 2. The van der Waals surface area contributed by atoms with Crippen LogP contribution < -0.4 is 10.2 Å². The SMILES string of the molecule is Cc1ccc(N2C[C@H](C(=O)Nc3ccc(C)c([N+](=O)[O-])c3)CC2=O)c(C)c1. The van der Waals surface area contributed by atoms with Crippen molar-refractivity contribution in [3.8, 4) is 0 Å². The molecule has 2 aromatic carbocycles. The molecular weight excluding hydrogens is 346 g/mol. The molecule has 1 fully saturated rings. The zero-order valence-electron chi connectivity index (χ0n) is 15.5. The lowest BCUT2D eigenvalue weighted by atomic mass is 10.1. The Bertz CT molecular complexity index is 939. The summed E-state index contributed by atoms with van der Waals surface area (Å²) in [6, 6.07) is 10.4. The fourth-order valence-corrected chi connectivity index (χ4v) is 3.35. The Labute approximate surface area is 157 Å². The lowest BCUT2D eigenvalue weighted by Crippen LogP contribution is -2.28. The highest BCUT2D eigenvalue weighted by Gasteiger charge is 2.35. The van der Waals surface area contributed by atoms with Gasteiger partial charge in [-0.3, -0.25) is 19.7 Å². The predicted octanol–water partition coefficient (Wildman–Crippen LogP) is 3.51. The van der Waals surface area contributed by atoms with E-state index in [2.05, 4.69) is 5.32 Å². The number of benzene rings is 2. The van der Waals surface area contributed by atoms with E-state index in [0.717, 1.165) is 16.8 Å². The second kappa shape index (κ2) is 7.19. The molecule has 3 rings (SSSR count). The van der Waals surface area contributed by atoms with Crippen LogP contribution in [0.4, 0.5) is 17.1 Å². The molecule has 1 saturated heterocycles. The third-order valence-electron chi connectivity index (χ3n) is 4.81. The summed E-state index contributed by atoms with van der Waals surface area (Å²) in [4.78, 5) is 37.2. The average molecular weight is 367 g/mol. The van der Waals surface area contributed by atoms with Crippen molar-refractivity contribution in [2.24, 2.45) is 5.92 Å². The van der Waals surface area contributed by atoms with E-state index < -0.39 is 10.8 Å². The van der Waals surface area contributed by atoms with Gasteiger partial charge < -0.3 is 10.2 Å². The fraction of sp³-hybridized carbons (Fsp3) is 0.300. The van der Waals surface area contributed by atoms with Gasteiger partial charge in [0.25, 0.3) is 5.69 Å². The molecule has 1 N–H and O–H groups in total. The summed E-state index contributed by atoms with van der Waals surface area (Å²) in [5.41, 5.74) is 3.74. The summed E-state index contributed by atoms with van der Waals surface area (Å²) < 4.78 is 0. The second-order valence-electron chi connectivity index (χ2n) is 6.94. The number of anilines is 2. The maximum atomic E-state index is 12.6. The van der Waals surface area contributed by atoms with Gasteiger partial charge in [-0.05, 0) is 38.5 Å². The minimum absolute atomic E-state index is 0.0489. The van der Waals surface area contributed by atoms with Crippen LogP contribution in [0.5, 0.6) is 0 Å². The number of carbonyl (C=O) groups is 2. The van der Waals surface area contributed by atoms with Crippen molar-refractivity contribution < 1.29 is 14.5 Å². The Kier molecular flexibility index (Phi) is 4.94. The number of hydrogen-bond acceptors (Lipinski definition) is 4. The van der Waals surface area contributed by atoms with Crippen molar-refractivity contribution in [2.75, 3.05) is 16.8 Å². The van der Waals surface area contributed by atoms with Crippen molar-refractivity contribution >= 4 is 28.9 Å². The highest BCUT2D eigenvalue weighted by atomic mass is 16.6. The molecule has 1 aliphatic rings. The van der Waals surface area contributed by atoms with Crippen LogP contribution in [0.2, 0.25) is 0 Å².